The highest BCUT2D eigenvalue weighted by Crippen LogP contribution is 2.21. The van der Waals surface area contributed by atoms with Crippen LogP contribution in [0.5, 0.6) is 0 Å². The first-order chi connectivity index (χ1) is 11.2. The van der Waals surface area contributed by atoms with Gasteiger partial charge in [-0.3, -0.25) is 9.36 Å². The third-order valence-corrected chi connectivity index (χ3v) is 4.10. The second kappa shape index (κ2) is 6.78. The Kier molecular flexibility index (Phi) is 4.56. The van der Waals surface area contributed by atoms with Crippen LogP contribution in [0.15, 0.2) is 53.5 Å². The van der Waals surface area contributed by atoms with Crippen molar-refractivity contribution in [3.63, 3.8) is 0 Å². The van der Waals surface area contributed by atoms with Crippen LogP contribution in [0.3, 0.4) is 0 Å². The van der Waals surface area contributed by atoms with Crippen molar-refractivity contribution in [1.29, 1.82) is 0 Å². The molecule has 0 amide bonds. The molecule has 0 fully saturated rings. The molecule has 0 aliphatic heterocycles. The zero-order chi connectivity index (χ0) is 16.2. The van der Waals surface area contributed by atoms with Crippen molar-refractivity contribution in [2.45, 2.75) is 39.7 Å². The van der Waals surface area contributed by atoms with Crippen LogP contribution >= 0.6 is 0 Å². The van der Waals surface area contributed by atoms with Gasteiger partial charge < -0.3 is 0 Å². The van der Waals surface area contributed by atoms with Crippen LogP contribution in [-0.2, 0) is 13.0 Å². The molecule has 0 N–H and O–H groups in total. The van der Waals surface area contributed by atoms with E-state index in [-0.39, 0.29) is 5.56 Å². The minimum atomic E-state index is 0.0429. The molecule has 0 aliphatic rings. The van der Waals surface area contributed by atoms with Crippen molar-refractivity contribution in [2.75, 3.05) is 0 Å². The molecule has 0 saturated heterocycles. The second-order valence-corrected chi connectivity index (χ2v) is 5.88. The van der Waals surface area contributed by atoms with Crippen molar-refractivity contribution in [1.82, 2.24) is 9.55 Å². The van der Waals surface area contributed by atoms with Gasteiger partial charge in [0.2, 0.25) is 0 Å². The molecule has 3 heteroatoms. The maximum Gasteiger partial charge on any atom is 0.260 e. The van der Waals surface area contributed by atoms with Crippen molar-refractivity contribution in [2.24, 2.45) is 0 Å². The average Bonchev–Trinajstić information content (AvgIpc) is 2.58. The number of pyridine rings is 2. The van der Waals surface area contributed by atoms with E-state index >= 15 is 0 Å². The van der Waals surface area contributed by atoms with Gasteiger partial charge in [-0.1, -0.05) is 44.5 Å². The summed E-state index contributed by atoms with van der Waals surface area (Å²) in [5.74, 6) is 0. The van der Waals surface area contributed by atoms with Gasteiger partial charge in [-0.05, 0) is 42.2 Å². The Balaban J connectivity index is 2.17. The molecule has 3 aromatic rings. The molecule has 0 unspecified atom stereocenters. The molecule has 2 heterocycles. The largest absolute Gasteiger partial charge is 0.292 e. The first kappa shape index (κ1) is 15.5. The lowest BCUT2D eigenvalue weighted by Crippen LogP contribution is -2.22. The van der Waals surface area contributed by atoms with Gasteiger partial charge in [0.1, 0.15) is 5.65 Å². The van der Waals surface area contributed by atoms with Crippen LogP contribution in [0, 0.1) is 0 Å². The van der Waals surface area contributed by atoms with E-state index in [1.807, 2.05) is 18.2 Å². The molecule has 118 valence electrons. The lowest BCUT2D eigenvalue weighted by molar-refractivity contribution is 0.673. The molecule has 3 nitrogen and oxygen atoms in total. The summed E-state index contributed by atoms with van der Waals surface area (Å²) in [6.07, 6.45) is 4.85. The lowest BCUT2D eigenvalue weighted by atomic mass is 10.0. The number of hydrogen-bond donors (Lipinski definition) is 0. The van der Waals surface area contributed by atoms with Gasteiger partial charge in [0.05, 0.1) is 0 Å². The Hall–Kier alpha value is -2.42. The van der Waals surface area contributed by atoms with Gasteiger partial charge in [0.25, 0.3) is 5.56 Å². The highest BCUT2D eigenvalue weighted by molar-refractivity contribution is 5.81. The third-order valence-electron chi connectivity index (χ3n) is 4.10. The Labute approximate surface area is 136 Å². The molecule has 0 radical (unpaired) electrons. The first-order valence-corrected chi connectivity index (χ1v) is 8.32. The third kappa shape index (κ3) is 3.04. The molecule has 2 aromatic heterocycles. The zero-order valence-corrected chi connectivity index (χ0v) is 13.7. The van der Waals surface area contributed by atoms with Crippen molar-refractivity contribution >= 4 is 11.0 Å². The smallest absolute Gasteiger partial charge is 0.260 e. The summed E-state index contributed by atoms with van der Waals surface area (Å²) < 4.78 is 1.80. The Morgan fingerprint density at radius 3 is 2.52 bits per heavy atom. The van der Waals surface area contributed by atoms with E-state index in [1.165, 1.54) is 5.56 Å². The van der Waals surface area contributed by atoms with Crippen LogP contribution in [0.2, 0.25) is 0 Å². The standard InChI is InChI=1S/C20H22N2O/c1-3-6-15-8-10-16(11-9-15)18-14-17-7-5-12-21-19(17)22(13-4-2)20(18)23/h5,7-12,14H,3-4,6,13H2,1-2H3. The van der Waals surface area contributed by atoms with Gasteiger partial charge in [-0.2, -0.15) is 0 Å². The molecule has 0 saturated carbocycles. The molecular weight excluding hydrogens is 284 g/mol. The van der Waals surface area contributed by atoms with Crippen LogP contribution in [-0.4, -0.2) is 9.55 Å². The average molecular weight is 306 g/mol. The number of benzene rings is 1. The van der Waals surface area contributed by atoms with Crippen LogP contribution in [0.4, 0.5) is 0 Å². The molecule has 23 heavy (non-hydrogen) atoms. The van der Waals surface area contributed by atoms with Crippen LogP contribution in [0.1, 0.15) is 32.3 Å². The predicted octanol–water partition coefficient (Wildman–Crippen LogP) is 4.43. The molecule has 0 atom stereocenters. The fourth-order valence-electron chi connectivity index (χ4n) is 2.98. The topological polar surface area (TPSA) is 34.9 Å². The van der Waals surface area contributed by atoms with Gasteiger partial charge in [0.15, 0.2) is 0 Å². The van der Waals surface area contributed by atoms with Gasteiger partial charge in [0, 0.05) is 23.7 Å². The SMILES string of the molecule is CCCc1ccc(-c2cc3cccnc3n(CCC)c2=O)cc1. The van der Waals surface area contributed by atoms with Crippen molar-refractivity contribution in [3.8, 4) is 11.1 Å². The van der Waals surface area contributed by atoms with E-state index in [0.717, 1.165) is 41.4 Å². The molecular formula is C20H22N2O. The molecule has 1 aromatic carbocycles. The molecule has 0 spiro atoms. The Morgan fingerprint density at radius 2 is 1.83 bits per heavy atom. The van der Waals surface area contributed by atoms with Gasteiger partial charge in [-0.25, -0.2) is 4.98 Å². The minimum Gasteiger partial charge on any atom is -0.292 e. The van der Waals surface area contributed by atoms with Gasteiger partial charge in [-0.15, -0.1) is 0 Å². The Bertz CT molecular complexity index is 863. The summed E-state index contributed by atoms with van der Waals surface area (Å²) in [6.45, 7) is 4.94. The zero-order valence-electron chi connectivity index (χ0n) is 13.7. The quantitative estimate of drug-likeness (QED) is 0.699. The lowest BCUT2D eigenvalue weighted by Gasteiger charge is -2.11. The number of hydrogen-bond acceptors (Lipinski definition) is 2. The van der Waals surface area contributed by atoms with E-state index in [1.54, 1.807) is 10.8 Å². The highest BCUT2D eigenvalue weighted by Gasteiger charge is 2.11. The van der Waals surface area contributed by atoms with E-state index in [4.69, 9.17) is 0 Å². The predicted molar refractivity (Wildman–Crippen MR) is 95.7 cm³/mol. The normalized spacial score (nSPS) is 11.0. The van der Waals surface area contributed by atoms with Crippen molar-refractivity contribution in [3.05, 3.63) is 64.6 Å². The van der Waals surface area contributed by atoms with E-state index in [9.17, 15) is 4.79 Å². The number of aryl methyl sites for hydroxylation is 2. The fourth-order valence-corrected chi connectivity index (χ4v) is 2.98. The number of nitrogens with zero attached hydrogens (tertiary/aromatic N) is 2. The Morgan fingerprint density at radius 1 is 1.04 bits per heavy atom. The van der Waals surface area contributed by atoms with E-state index in [0.29, 0.717) is 6.54 Å². The second-order valence-electron chi connectivity index (χ2n) is 5.88. The fraction of sp³-hybridized carbons (Fsp3) is 0.300. The van der Waals surface area contributed by atoms with E-state index in [2.05, 4.69) is 43.1 Å². The number of fused-ring (bicyclic) bond motifs is 1. The van der Waals surface area contributed by atoms with E-state index < -0.39 is 0 Å². The maximum atomic E-state index is 12.9. The minimum absolute atomic E-state index is 0.0429. The summed E-state index contributed by atoms with van der Waals surface area (Å²) in [5.41, 5.74) is 3.85. The molecule has 0 aliphatic carbocycles. The number of rotatable bonds is 5. The summed E-state index contributed by atoms with van der Waals surface area (Å²) in [7, 11) is 0. The number of aromatic nitrogens is 2. The summed E-state index contributed by atoms with van der Waals surface area (Å²) in [5, 5.41) is 1.01. The summed E-state index contributed by atoms with van der Waals surface area (Å²) >= 11 is 0. The van der Waals surface area contributed by atoms with Crippen molar-refractivity contribution < 1.29 is 0 Å². The van der Waals surface area contributed by atoms with Crippen LogP contribution in [0.25, 0.3) is 22.2 Å². The summed E-state index contributed by atoms with van der Waals surface area (Å²) in [6, 6.07) is 14.2. The van der Waals surface area contributed by atoms with Crippen LogP contribution < -0.4 is 5.56 Å². The summed E-state index contributed by atoms with van der Waals surface area (Å²) in [4.78, 5) is 17.3. The maximum absolute atomic E-state index is 12.9. The first-order valence-electron chi connectivity index (χ1n) is 8.32. The monoisotopic (exact) mass is 306 g/mol. The highest BCUT2D eigenvalue weighted by atomic mass is 16.1. The molecule has 3 rings (SSSR count). The van der Waals surface area contributed by atoms with Gasteiger partial charge >= 0.3 is 0 Å². The molecule has 0 bridgehead atoms.